The van der Waals surface area contributed by atoms with Crippen LogP contribution in [-0.2, 0) is 13.6 Å². The van der Waals surface area contributed by atoms with E-state index in [0.29, 0.717) is 6.04 Å². The SMILES string of the molecule is Cn1nc(CNC2C3CC4CC(C3)CC2C4)c(-c2ccccc2)n1. The molecular weight excluding hydrogens is 296 g/mol. The van der Waals surface area contributed by atoms with Gasteiger partial charge in [-0.15, -0.1) is 0 Å². The fraction of sp³-hybridized carbons (Fsp3) is 0.600. The molecule has 126 valence electrons. The molecule has 0 saturated heterocycles. The summed E-state index contributed by atoms with van der Waals surface area (Å²) in [6, 6.07) is 11.1. The van der Waals surface area contributed by atoms with Gasteiger partial charge in [-0.2, -0.15) is 15.0 Å². The van der Waals surface area contributed by atoms with E-state index in [1.54, 1.807) is 4.80 Å². The second-order valence-electron chi connectivity index (χ2n) is 8.19. The third-order valence-electron chi connectivity index (χ3n) is 6.56. The molecule has 1 aromatic heterocycles. The number of hydrogen-bond donors (Lipinski definition) is 1. The Morgan fingerprint density at radius 1 is 0.958 bits per heavy atom. The van der Waals surface area contributed by atoms with Crippen molar-refractivity contribution in [3.05, 3.63) is 36.0 Å². The molecule has 4 aliphatic rings. The third-order valence-corrected chi connectivity index (χ3v) is 6.56. The molecule has 0 amide bonds. The summed E-state index contributed by atoms with van der Waals surface area (Å²) in [5, 5.41) is 13.1. The highest BCUT2D eigenvalue weighted by molar-refractivity contribution is 5.60. The number of aromatic nitrogens is 3. The molecule has 1 aromatic carbocycles. The number of aryl methyl sites for hydroxylation is 1. The first-order chi connectivity index (χ1) is 11.8. The van der Waals surface area contributed by atoms with Gasteiger partial charge < -0.3 is 5.32 Å². The Kier molecular flexibility index (Phi) is 3.47. The van der Waals surface area contributed by atoms with Gasteiger partial charge >= 0.3 is 0 Å². The van der Waals surface area contributed by atoms with Crippen LogP contribution in [0, 0.1) is 23.7 Å². The van der Waals surface area contributed by atoms with Gasteiger partial charge in [0, 0.05) is 25.2 Å². The molecular formula is C20H26N4. The van der Waals surface area contributed by atoms with Gasteiger partial charge in [0.25, 0.3) is 0 Å². The Morgan fingerprint density at radius 2 is 1.62 bits per heavy atom. The van der Waals surface area contributed by atoms with Crippen LogP contribution in [0.5, 0.6) is 0 Å². The van der Waals surface area contributed by atoms with Gasteiger partial charge in [-0.05, 0) is 55.8 Å². The van der Waals surface area contributed by atoms with Gasteiger partial charge in [-0.25, -0.2) is 0 Å². The summed E-state index contributed by atoms with van der Waals surface area (Å²) in [4.78, 5) is 1.70. The zero-order valence-electron chi connectivity index (χ0n) is 14.4. The smallest absolute Gasteiger partial charge is 0.117 e. The highest BCUT2D eigenvalue weighted by Gasteiger charge is 2.47. The van der Waals surface area contributed by atoms with Gasteiger partial charge in [0.15, 0.2) is 0 Å². The normalized spacial score (nSPS) is 34.0. The first-order valence-electron chi connectivity index (χ1n) is 9.45. The van der Waals surface area contributed by atoms with E-state index in [4.69, 9.17) is 0 Å². The van der Waals surface area contributed by atoms with E-state index in [9.17, 15) is 0 Å². The summed E-state index contributed by atoms with van der Waals surface area (Å²) in [6.07, 6.45) is 7.34. The quantitative estimate of drug-likeness (QED) is 0.938. The maximum Gasteiger partial charge on any atom is 0.117 e. The second kappa shape index (κ2) is 5.69. The second-order valence-corrected chi connectivity index (χ2v) is 8.19. The summed E-state index contributed by atoms with van der Waals surface area (Å²) in [7, 11) is 1.92. The molecule has 0 aliphatic heterocycles. The zero-order chi connectivity index (χ0) is 16.1. The Labute approximate surface area is 143 Å². The summed E-state index contributed by atoms with van der Waals surface area (Å²) in [6.45, 7) is 0.838. The molecule has 4 fully saturated rings. The molecule has 4 heteroatoms. The minimum atomic E-state index is 0.698. The van der Waals surface area contributed by atoms with Crippen molar-refractivity contribution in [3.8, 4) is 11.3 Å². The highest BCUT2D eigenvalue weighted by atomic mass is 15.5. The number of nitrogens with zero attached hydrogens (tertiary/aromatic N) is 3. The van der Waals surface area contributed by atoms with Crippen LogP contribution in [0.1, 0.15) is 37.8 Å². The third kappa shape index (κ3) is 2.48. The number of hydrogen-bond acceptors (Lipinski definition) is 3. The molecule has 1 heterocycles. The predicted molar refractivity (Wildman–Crippen MR) is 94.1 cm³/mol. The first kappa shape index (κ1) is 14.6. The maximum absolute atomic E-state index is 4.63. The lowest BCUT2D eigenvalue weighted by molar-refractivity contribution is -0.0143. The topological polar surface area (TPSA) is 42.7 Å². The molecule has 24 heavy (non-hydrogen) atoms. The van der Waals surface area contributed by atoms with Crippen LogP contribution in [0.2, 0.25) is 0 Å². The van der Waals surface area contributed by atoms with E-state index in [1.165, 1.54) is 32.1 Å². The van der Waals surface area contributed by atoms with Crippen LogP contribution in [0.15, 0.2) is 30.3 Å². The number of benzene rings is 1. The molecule has 4 aliphatic carbocycles. The summed E-state index contributed by atoms with van der Waals surface area (Å²) in [5.74, 6) is 3.86. The van der Waals surface area contributed by atoms with E-state index in [2.05, 4.69) is 39.8 Å². The predicted octanol–water partition coefficient (Wildman–Crippen LogP) is 3.40. The van der Waals surface area contributed by atoms with Crippen molar-refractivity contribution in [3.63, 3.8) is 0 Å². The Balaban J connectivity index is 1.34. The number of rotatable bonds is 4. The Hall–Kier alpha value is -1.68. The van der Waals surface area contributed by atoms with E-state index in [-0.39, 0.29) is 0 Å². The standard InChI is InChI=1S/C20H26N4/c1-24-22-18(20(23-24)15-5-3-2-4-6-15)12-21-19-16-8-13-7-14(10-16)11-17(19)9-13/h2-6,13-14,16-17,19,21H,7-12H2,1H3. The van der Waals surface area contributed by atoms with Crippen LogP contribution >= 0.6 is 0 Å². The van der Waals surface area contributed by atoms with Gasteiger partial charge in [-0.1, -0.05) is 30.3 Å². The molecule has 1 N–H and O–H groups in total. The fourth-order valence-electron chi connectivity index (χ4n) is 5.86. The van der Waals surface area contributed by atoms with Crippen molar-refractivity contribution >= 4 is 0 Å². The van der Waals surface area contributed by atoms with Crippen LogP contribution in [0.3, 0.4) is 0 Å². The lowest BCUT2D eigenvalue weighted by atomic mass is 9.54. The van der Waals surface area contributed by atoms with E-state index in [1.807, 2.05) is 13.1 Å². The maximum atomic E-state index is 4.63. The molecule has 4 saturated carbocycles. The average molecular weight is 322 g/mol. The van der Waals surface area contributed by atoms with Crippen LogP contribution in [-0.4, -0.2) is 21.0 Å². The van der Waals surface area contributed by atoms with Crippen molar-refractivity contribution in [1.82, 2.24) is 20.3 Å². The molecule has 0 radical (unpaired) electrons. The van der Waals surface area contributed by atoms with Crippen molar-refractivity contribution in [2.75, 3.05) is 0 Å². The van der Waals surface area contributed by atoms with Crippen LogP contribution in [0.25, 0.3) is 11.3 Å². The van der Waals surface area contributed by atoms with Gasteiger partial charge in [0.05, 0.1) is 0 Å². The first-order valence-corrected chi connectivity index (χ1v) is 9.45. The lowest BCUT2D eigenvalue weighted by Crippen LogP contribution is -2.54. The van der Waals surface area contributed by atoms with E-state index >= 15 is 0 Å². The molecule has 0 atom stereocenters. The summed E-state index contributed by atoms with van der Waals surface area (Å²) >= 11 is 0. The van der Waals surface area contributed by atoms with E-state index < -0.39 is 0 Å². The molecule has 4 bridgehead atoms. The van der Waals surface area contributed by atoms with Gasteiger partial charge in [0.2, 0.25) is 0 Å². The van der Waals surface area contributed by atoms with Gasteiger partial charge in [-0.3, -0.25) is 0 Å². The summed E-state index contributed by atoms with van der Waals surface area (Å²) < 4.78 is 0. The number of nitrogens with one attached hydrogen (secondary N) is 1. The van der Waals surface area contributed by atoms with Crippen LogP contribution < -0.4 is 5.32 Å². The van der Waals surface area contributed by atoms with Crippen molar-refractivity contribution in [1.29, 1.82) is 0 Å². The molecule has 4 nitrogen and oxygen atoms in total. The molecule has 0 unspecified atom stereocenters. The molecule has 2 aromatic rings. The highest BCUT2D eigenvalue weighted by Crippen LogP contribution is 2.53. The Bertz CT molecular complexity index is 692. The fourth-order valence-corrected chi connectivity index (χ4v) is 5.86. The Morgan fingerprint density at radius 3 is 2.29 bits per heavy atom. The zero-order valence-corrected chi connectivity index (χ0v) is 14.4. The summed E-state index contributed by atoms with van der Waals surface area (Å²) in [5.41, 5.74) is 3.26. The minimum Gasteiger partial charge on any atom is -0.308 e. The van der Waals surface area contributed by atoms with Crippen LogP contribution in [0.4, 0.5) is 0 Å². The average Bonchev–Trinajstić information content (AvgIpc) is 2.95. The van der Waals surface area contributed by atoms with Gasteiger partial charge in [0.1, 0.15) is 11.4 Å². The monoisotopic (exact) mass is 322 g/mol. The van der Waals surface area contributed by atoms with Crippen molar-refractivity contribution < 1.29 is 0 Å². The van der Waals surface area contributed by atoms with E-state index in [0.717, 1.165) is 47.2 Å². The molecule has 0 spiro atoms. The molecule has 6 rings (SSSR count). The van der Waals surface area contributed by atoms with Crippen molar-refractivity contribution in [2.24, 2.45) is 30.7 Å². The minimum absolute atomic E-state index is 0.698. The van der Waals surface area contributed by atoms with Crippen molar-refractivity contribution in [2.45, 2.75) is 44.7 Å². The largest absolute Gasteiger partial charge is 0.308 e. The lowest BCUT2D eigenvalue weighted by Gasteiger charge is -2.54.